The molecule has 11 heteroatoms. The Morgan fingerprint density at radius 3 is 2.37 bits per heavy atom. The summed E-state index contributed by atoms with van der Waals surface area (Å²) in [4.78, 5) is 30.8. The first kappa shape index (κ1) is 29.9. The molecule has 0 saturated heterocycles. The van der Waals surface area contributed by atoms with Crippen molar-refractivity contribution >= 4 is 46.9 Å². The predicted molar refractivity (Wildman–Crippen MR) is 131 cm³/mol. The van der Waals surface area contributed by atoms with Gasteiger partial charge in [-0.3, -0.25) is 4.79 Å². The molecule has 178 valence electrons. The number of nitrogens with zero attached hydrogens (tertiary/aromatic N) is 3. The predicted octanol–water partition coefficient (Wildman–Crippen LogP) is 0.517. The summed E-state index contributed by atoms with van der Waals surface area (Å²) in [6.07, 6.45) is -0.454. The summed E-state index contributed by atoms with van der Waals surface area (Å²) in [5.41, 5.74) is 1.95. The van der Waals surface area contributed by atoms with Crippen molar-refractivity contribution in [3.63, 3.8) is 0 Å². The van der Waals surface area contributed by atoms with Crippen LogP contribution in [0, 0.1) is 6.92 Å². The Hall–Kier alpha value is -1.37. The average Bonchev–Trinajstić information content (AvgIpc) is 2.78. The number of carbonyl (C=O) groups is 1. The fourth-order valence-electron chi connectivity index (χ4n) is 3.42. The fraction of sp³-hybridized carbons (Fsp3) is 0.208. The quantitative estimate of drug-likeness (QED) is 0.227. The average molecular weight is 542 g/mol. The molecule has 0 aliphatic heterocycles. The maximum Gasteiger partial charge on any atom is 1.00 e. The van der Waals surface area contributed by atoms with Crippen LogP contribution < -0.4 is 61.2 Å². The second-order valence-electron chi connectivity index (χ2n) is 7.55. The van der Waals surface area contributed by atoms with Gasteiger partial charge in [0.1, 0.15) is 0 Å². The summed E-state index contributed by atoms with van der Waals surface area (Å²) < 4.78 is 0. The van der Waals surface area contributed by atoms with Crippen LogP contribution in [0.5, 0.6) is 0 Å². The first-order chi connectivity index (χ1) is 16.0. The molecule has 0 fully saturated rings. The van der Waals surface area contributed by atoms with Crippen LogP contribution in [0.2, 0.25) is 10.0 Å². The van der Waals surface area contributed by atoms with Gasteiger partial charge in [-0.2, -0.15) is 17.7 Å². The molecule has 2 aromatic carbocycles. The van der Waals surface area contributed by atoms with Gasteiger partial charge in [-0.15, -0.1) is 0 Å². The summed E-state index contributed by atoms with van der Waals surface area (Å²) in [6, 6.07) is 10.9. The molecule has 0 aliphatic rings. The van der Waals surface area contributed by atoms with Gasteiger partial charge >= 0.3 is 57.5 Å². The van der Waals surface area contributed by atoms with E-state index in [2.05, 4.69) is 4.98 Å². The van der Waals surface area contributed by atoms with Crippen LogP contribution in [0.15, 0.2) is 48.7 Å². The number of aryl methyl sites for hydroxylation is 1. The molecule has 0 unspecified atom stereocenters. The minimum atomic E-state index is -3.59. The zero-order chi connectivity index (χ0) is 25.2. The normalized spacial score (nSPS) is 11.0. The molecule has 0 bridgehead atoms. The second kappa shape index (κ2) is 12.2. The third kappa shape index (κ3) is 6.50. The maximum atomic E-state index is 13.4. The summed E-state index contributed by atoms with van der Waals surface area (Å²) in [5, 5.41) is 30.9. The van der Waals surface area contributed by atoms with E-state index in [4.69, 9.17) is 23.2 Å². The summed E-state index contributed by atoms with van der Waals surface area (Å²) >= 11 is 12.5. The maximum absolute atomic E-state index is 13.4. The number of benzene rings is 2. The van der Waals surface area contributed by atoms with Crippen LogP contribution in [-0.2, 0) is 4.79 Å². The van der Waals surface area contributed by atoms with Gasteiger partial charge in [0.25, 0.3) is 5.91 Å². The van der Waals surface area contributed by atoms with E-state index >= 15 is 0 Å². The topological polar surface area (TPSA) is 114 Å². The van der Waals surface area contributed by atoms with Gasteiger partial charge in [0, 0.05) is 24.8 Å². The number of rotatable bonds is 7. The van der Waals surface area contributed by atoms with Crippen LogP contribution in [0.25, 0.3) is 11.1 Å². The molecule has 0 radical (unpaired) electrons. The van der Waals surface area contributed by atoms with Crippen LogP contribution >= 0.6 is 23.2 Å². The Kier molecular flexibility index (Phi) is 10.4. The first-order valence-electron chi connectivity index (χ1n) is 10.2. The fourth-order valence-corrected chi connectivity index (χ4v) is 3.95. The smallest absolute Gasteiger partial charge is 0.376 e. The molecule has 1 heterocycles. The van der Waals surface area contributed by atoms with Crippen molar-refractivity contribution in [2.24, 2.45) is 0 Å². The Labute approximate surface area is 255 Å². The first-order valence-corrected chi connectivity index (χ1v) is 10.9. The van der Waals surface area contributed by atoms with E-state index in [1.807, 2.05) is 6.92 Å². The molecule has 0 atom stereocenters. The molecule has 3 rings (SSSR count). The van der Waals surface area contributed by atoms with E-state index in [1.165, 1.54) is 24.4 Å². The molecule has 0 spiro atoms. The van der Waals surface area contributed by atoms with Crippen molar-refractivity contribution < 1.29 is 76.3 Å². The van der Waals surface area contributed by atoms with Gasteiger partial charge < -0.3 is 25.0 Å². The van der Waals surface area contributed by atoms with Crippen LogP contribution in [0.3, 0.4) is 0 Å². The van der Waals surface area contributed by atoms with Gasteiger partial charge in [-0.25, -0.2) is 9.88 Å². The largest absolute Gasteiger partial charge is 1.00 e. The molecular formula is C24H22Cl2KN3O5. The molecule has 35 heavy (non-hydrogen) atoms. The van der Waals surface area contributed by atoms with Crippen molar-refractivity contribution in [3.05, 3.63) is 75.4 Å². The number of halogens is 2. The van der Waals surface area contributed by atoms with Gasteiger partial charge in [-0.05, 0) is 37.1 Å². The van der Waals surface area contributed by atoms with E-state index in [0.29, 0.717) is 33.2 Å². The van der Waals surface area contributed by atoms with Crippen LogP contribution in [0.4, 0.5) is 11.5 Å². The van der Waals surface area contributed by atoms with E-state index < -0.39 is 12.0 Å². The SMILES string of the molecule is CCN(C)c1cc(-c2cc([C-]=O)ccc2Cl)cnc1N(C(=O)c1c(C)cccc1Cl)C(O)(O)O.[K+]. The molecule has 0 aliphatic carbocycles. The number of hydrogen-bond donors (Lipinski definition) is 3. The van der Waals surface area contributed by atoms with Crippen molar-refractivity contribution in [3.8, 4) is 11.1 Å². The summed E-state index contributed by atoms with van der Waals surface area (Å²) in [6.45, 7) is 3.90. The van der Waals surface area contributed by atoms with Gasteiger partial charge in [0.2, 0.25) is 0 Å². The number of aliphatic hydroxyl groups is 3. The zero-order valence-electron chi connectivity index (χ0n) is 19.6. The molecule has 1 amide bonds. The van der Waals surface area contributed by atoms with E-state index in [1.54, 1.807) is 49.4 Å². The van der Waals surface area contributed by atoms with Crippen LogP contribution in [0.1, 0.15) is 28.4 Å². The zero-order valence-corrected chi connectivity index (χ0v) is 24.2. The monoisotopic (exact) mass is 541 g/mol. The minimum Gasteiger partial charge on any atom is -0.376 e. The number of aromatic nitrogens is 1. The summed E-state index contributed by atoms with van der Waals surface area (Å²) in [7, 11) is 1.69. The molecule has 1 aromatic heterocycles. The Bertz CT molecular complexity index is 1230. The van der Waals surface area contributed by atoms with Gasteiger partial charge in [0.05, 0.1) is 22.6 Å². The van der Waals surface area contributed by atoms with E-state index in [-0.39, 0.29) is 79.0 Å². The Morgan fingerprint density at radius 2 is 1.80 bits per heavy atom. The molecular weight excluding hydrogens is 520 g/mol. The molecule has 8 nitrogen and oxygen atoms in total. The number of amides is 1. The van der Waals surface area contributed by atoms with E-state index in [9.17, 15) is 24.9 Å². The molecule has 3 aromatic rings. The van der Waals surface area contributed by atoms with E-state index in [0.717, 1.165) is 0 Å². The Morgan fingerprint density at radius 1 is 1.11 bits per heavy atom. The summed E-state index contributed by atoms with van der Waals surface area (Å²) in [5.74, 6) is -1.21. The third-order valence-corrected chi connectivity index (χ3v) is 5.92. The standard InChI is InChI=1S/C24H22Cl2N3O5.K/c1-4-28(3)20-11-16(17-10-15(13-30)8-9-18(17)25)12-27-22(20)29(24(32,33)34)23(31)21-14(2)6-5-7-19(21)26;/h5-12,32-34H,4H2,1-3H3;/q-1;+1. The van der Waals surface area contributed by atoms with Crippen molar-refractivity contribution in [2.45, 2.75) is 19.9 Å². The third-order valence-electron chi connectivity index (χ3n) is 5.28. The van der Waals surface area contributed by atoms with Crippen molar-refractivity contribution in [1.29, 1.82) is 0 Å². The molecule has 0 saturated carbocycles. The van der Waals surface area contributed by atoms with Gasteiger partial charge in [-0.1, -0.05) is 47.0 Å². The molecule has 3 N–H and O–H groups in total. The number of anilines is 2. The minimum absolute atomic E-state index is 0. The number of carbonyl (C=O) groups excluding carboxylic acids is 2. The van der Waals surface area contributed by atoms with Crippen molar-refractivity contribution in [2.75, 3.05) is 23.4 Å². The van der Waals surface area contributed by atoms with Crippen molar-refractivity contribution in [1.82, 2.24) is 4.98 Å². The van der Waals surface area contributed by atoms with Gasteiger partial charge in [0.15, 0.2) is 5.82 Å². The number of pyridine rings is 1. The second-order valence-corrected chi connectivity index (χ2v) is 8.36. The van der Waals surface area contributed by atoms with Crippen LogP contribution in [-0.4, -0.2) is 52.2 Å². The number of hydrogen-bond acceptors (Lipinski definition) is 7. The Balaban J connectivity index is 0.00000432.